The van der Waals surface area contributed by atoms with Gasteiger partial charge in [-0.15, -0.1) is 0 Å². The molecule has 1 aromatic carbocycles. The maximum Gasteiger partial charge on any atom is 0.149 e. The van der Waals surface area contributed by atoms with Crippen molar-refractivity contribution in [3.63, 3.8) is 0 Å². The summed E-state index contributed by atoms with van der Waals surface area (Å²) in [6.45, 7) is 2.68. The molecule has 0 aliphatic rings. The molecule has 0 bridgehead atoms. The van der Waals surface area contributed by atoms with Gasteiger partial charge in [0.2, 0.25) is 0 Å². The zero-order chi connectivity index (χ0) is 11.5. The molecule has 1 atom stereocenters. The van der Waals surface area contributed by atoms with E-state index in [0.29, 0.717) is 18.0 Å². The highest BCUT2D eigenvalue weighted by molar-refractivity contribution is 5.79. The average molecular weight is 218 g/mol. The molecule has 2 nitrogen and oxygen atoms in total. The minimum atomic E-state index is -0.264. The summed E-state index contributed by atoms with van der Waals surface area (Å²) in [7, 11) is 0. The molecule has 1 heterocycles. The Kier molecular flexibility index (Phi) is 3.15. The lowest BCUT2D eigenvalue weighted by atomic mass is 10.0. The molecule has 0 spiro atoms. The highest BCUT2D eigenvalue weighted by Crippen LogP contribution is 2.17. The summed E-state index contributed by atoms with van der Waals surface area (Å²) in [5.41, 5.74) is 6.91. The highest BCUT2D eigenvalue weighted by atomic mass is 19.1. The molecule has 0 amide bonds. The van der Waals surface area contributed by atoms with Crippen molar-refractivity contribution in [1.82, 2.24) is 4.98 Å². The largest absolute Gasteiger partial charge is 0.330 e. The van der Waals surface area contributed by atoms with E-state index in [9.17, 15) is 4.39 Å². The number of aromatic nitrogens is 1. The van der Waals surface area contributed by atoms with Crippen LogP contribution in [0.15, 0.2) is 30.3 Å². The first-order valence-electron chi connectivity index (χ1n) is 5.45. The first-order valence-corrected chi connectivity index (χ1v) is 5.45. The molecule has 3 heteroatoms. The number of benzene rings is 1. The minimum absolute atomic E-state index is 0.264. The van der Waals surface area contributed by atoms with Crippen LogP contribution < -0.4 is 5.73 Å². The molecular weight excluding hydrogens is 203 g/mol. The Morgan fingerprint density at radius 1 is 1.31 bits per heavy atom. The van der Waals surface area contributed by atoms with Gasteiger partial charge in [0.1, 0.15) is 11.3 Å². The molecular formula is C13H15FN2. The standard InChI is InChI=1S/C13H15FN2/c1-9(8-15)7-11-6-5-10-3-2-4-12(14)13(10)16-11/h2-6,9H,7-8,15H2,1H3. The van der Waals surface area contributed by atoms with Crippen LogP contribution in [0.25, 0.3) is 10.9 Å². The predicted molar refractivity (Wildman–Crippen MR) is 63.6 cm³/mol. The van der Waals surface area contributed by atoms with E-state index in [1.165, 1.54) is 6.07 Å². The summed E-state index contributed by atoms with van der Waals surface area (Å²) in [6, 6.07) is 8.84. The minimum Gasteiger partial charge on any atom is -0.330 e. The molecule has 2 N–H and O–H groups in total. The van der Waals surface area contributed by atoms with Crippen LogP contribution in [-0.2, 0) is 6.42 Å². The fraction of sp³-hybridized carbons (Fsp3) is 0.308. The lowest BCUT2D eigenvalue weighted by molar-refractivity contribution is 0.584. The SMILES string of the molecule is CC(CN)Cc1ccc2cccc(F)c2n1. The van der Waals surface area contributed by atoms with E-state index >= 15 is 0 Å². The van der Waals surface area contributed by atoms with Crippen molar-refractivity contribution in [2.45, 2.75) is 13.3 Å². The fourth-order valence-electron chi connectivity index (χ4n) is 1.71. The Bertz CT molecular complexity index is 496. The van der Waals surface area contributed by atoms with Gasteiger partial charge in [0.15, 0.2) is 0 Å². The normalized spacial score (nSPS) is 12.9. The van der Waals surface area contributed by atoms with Crippen molar-refractivity contribution in [3.8, 4) is 0 Å². The molecule has 2 aromatic rings. The molecule has 84 valence electrons. The third kappa shape index (κ3) is 2.19. The van der Waals surface area contributed by atoms with Crippen LogP contribution in [0, 0.1) is 11.7 Å². The Morgan fingerprint density at radius 2 is 2.12 bits per heavy atom. The molecule has 1 unspecified atom stereocenters. The van der Waals surface area contributed by atoms with E-state index in [2.05, 4.69) is 11.9 Å². The number of pyridine rings is 1. The van der Waals surface area contributed by atoms with Gasteiger partial charge in [0.25, 0.3) is 0 Å². The van der Waals surface area contributed by atoms with Gasteiger partial charge in [-0.1, -0.05) is 25.1 Å². The first kappa shape index (κ1) is 11.0. The van der Waals surface area contributed by atoms with Crippen LogP contribution in [-0.4, -0.2) is 11.5 Å². The number of hydrogen-bond acceptors (Lipinski definition) is 2. The van der Waals surface area contributed by atoms with Crippen LogP contribution in [0.1, 0.15) is 12.6 Å². The van der Waals surface area contributed by atoms with E-state index in [0.717, 1.165) is 17.5 Å². The molecule has 0 saturated heterocycles. The van der Waals surface area contributed by atoms with Gasteiger partial charge < -0.3 is 5.73 Å². The second-order valence-corrected chi connectivity index (χ2v) is 4.16. The zero-order valence-electron chi connectivity index (χ0n) is 9.28. The summed E-state index contributed by atoms with van der Waals surface area (Å²) in [4.78, 5) is 4.33. The van der Waals surface area contributed by atoms with E-state index in [1.54, 1.807) is 6.07 Å². The first-order chi connectivity index (χ1) is 7.70. The molecule has 0 aliphatic carbocycles. The number of hydrogen-bond donors (Lipinski definition) is 1. The van der Waals surface area contributed by atoms with Gasteiger partial charge >= 0.3 is 0 Å². The number of rotatable bonds is 3. The van der Waals surface area contributed by atoms with Crippen molar-refractivity contribution < 1.29 is 4.39 Å². The maximum atomic E-state index is 13.5. The average Bonchev–Trinajstić information content (AvgIpc) is 2.30. The number of nitrogens with two attached hydrogens (primary N) is 1. The summed E-state index contributed by atoms with van der Waals surface area (Å²) >= 11 is 0. The van der Waals surface area contributed by atoms with Gasteiger partial charge in [-0.05, 0) is 31.0 Å². The fourth-order valence-corrected chi connectivity index (χ4v) is 1.71. The van der Waals surface area contributed by atoms with Crippen molar-refractivity contribution in [2.24, 2.45) is 11.7 Å². The van der Waals surface area contributed by atoms with E-state index in [4.69, 9.17) is 5.73 Å². The Hall–Kier alpha value is -1.48. The number of fused-ring (bicyclic) bond motifs is 1. The number of nitrogens with zero attached hydrogens (tertiary/aromatic N) is 1. The molecule has 0 radical (unpaired) electrons. The molecule has 0 saturated carbocycles. The molecule has 0 fully saturated rings. The molecule has 16 heavy (non-hydrogen) atoms. The van der Waals surface area contributed by atoms with Crippen LogP contribution in [0.2, 0.25) is 0 Å². The number of halogens is 1. The summed E-state index contributed by atoms with van der Waals surface area (Å²) in [5.74, 6) is 0.108. The van der Waals surface area contributed by atoms with Crippen LogP contribution >= 0.6 is 0 Å². The second-order valence-electron chi connectivity index (χ2n) is 4.16. The smallest absolute Gasteiger partial charge is 0.149 e. The van der Waals surface area contributed by atoms with E-state index < -0.39 is 0 Å². The predicted octanol–water partition coefficient (Wildman–Crippen LogP) is 2.51. The highest BCUT2D eigenvalue weighted by Gasteiger charge is 2.06. The van der Waals surface area contributed by atoms with Crippen LogP contribution in [0.5, 0.6) is 0 Å². The lowest BCUT2D eigenvalue weighted by Gasteiger charge is -2.08. The third-order valence-electron chi connectivity index (χ3n) is 2.69. The quantitative estimate of drug-likeness (QED) is 0.859. The number of para-hydroxylation sites is 1. The summed E-state index contributed by atoms with van der Waals surface area (Å²) in [6.07, 6.45) is 0.792. The third-order valence-corrected chi connectivity index (χ3v) is 2.69. The maximum absolute atomic E-state index is 13.5. The Balaban J connectivity index is 2.39. The second kappa shape index (κ2) is 4.58. The van der Waals surface area contributed by atoms with Gasteiger partial charge in [-0.2, -0.15) is 0 Å². The van der Waals surface area contributed by atoms with Crippen molar-refractivity contribution >= 4 is 10.9 Å². The monoisotopic (exact) mass is 218 g/mol. The van der Waals surface area contributed by atoms with Crippen LogP contribution in [0.4, 0.5) is 4.39 Å². The topological polar surface area (TPSA) is 38.9 Å². The molecule has 1 aromatic heterocycles. The zero-order valence-corrected chi connectivity index (χ0v) is 9.28. The van der Waals surface area contributed by atoms with Crippen molar-refractivity contribution in [2.75, 3.05) is 6.54 Å². The summed E-state index contributed by atoms with van der Waals surface area (Å²) < 4.78 is 13.5. The van der Waals surface area contributed by atoms with Crippen LogP contribution in [0.3, 0.4) is 0 Å². The van der Waals surface area contributed by atoms with Crippen molar-refractivity contribution in [3.05, 3.63) is 41.8 Å². The Labute approximate surface area is 94.3 Å². The Morgan fingerprint density at radius 3 is 2.88 bits per heavy atom. The van der Waals surface area contributed by atoms with Gasteiger partial charge in [0.05, 0.1) is 0 Å². The van der Waals surface area contributed by atoms with Gasteiger partial charge in [-0.3, -0.25) is 0 Å². The van der Waals surface area contributed by atoms with Crippen molar-refractivity contribution in [1.29, 1.82) is 0 Å². The van der Waals surface area contributed by atoms with E-state index in [-0.39, 0.29) is 5.82 Å². The van der Waals surface area contributed by atoms with E-state index in [1.807, 2.05) is 18.2 Å². The van der Waals surface area contributed by atoms with Gasteiger partial charge in [0, 0.05) is 11.1 Å². The summed E-state index contributed by atoms with van der Waals surface area (Å²) in [5, 5.41) is 0.837. The lowest BCUT2D eigenvalue weighted by Crippen LogP contribution is -2.13. The molecule has 0 aliphatic heterocycles. The van der Waals surface area contributed by atoms with Gasteiger partial charge in [-0.25, -0.2) is 9.37 Å². The molecule has 2 rings (SSSR count).